The topological polar surface area (TPSA) is 141 Å². The van der Waals surface area contributed by atoms with Crippen molar-refractivity contribution >= 4 is 243 Å². The number of benzene rings is 18. The van der Waals surface area contributed by atoms with Gasteiger partial charge in [-0.25, -0.2) is 9.69 Å². The molecule has 5 heterocycles. The van der Waals surface area contributed by atoms with Gasteiger partial charge in [0.2, 0.25) is 0 Å². The number of hydrogen-bond acceptors (Lipinski definition) is 6. The molecule has 0 atom stereocenters. The number of para-hydroxylation sites is 3. The van der Waals surface area contributed by atoms with Crippen LogP contribution < -0.4 is 9.65 Å². The van der Waals surface area contributed by atoms with E-state index in [-0.39, 0.29) is 10.6 Å². The van der Waals surface area contributed by atoms with Gasteiger partial charge in [-0.05, 0) is 119 Å². The molecule has 0 saturated carbocycles. The smallest absolute Gasteiger partial charge is 0.423 e. The van der Waals surface area contributed by atoms with Gasteiger partial charge in [-0.1, -0.05) is 307 Å². The van der Waals surface area contributed by atoms with Crippen molar-refractivity contribution in [2.45, 2.75) is 5.51 Å². The zero-order valence-electron chi connectivity index (χ0n) is 62.4. The average Bonchev–Trinajstić information content (AvgIpc) is 1.51. The van der Waals surface area contributed by atoms with Gasteiger partial charge in [0.15, 0.2) is 17.1 Å². The Labute approximate surface area is 701 Å². The van der Waals surface area contributed by atoms with E-state index in [4.69, 9.17) is 69.6 Å². The van der Waals surface area contributed by atoms with Crippen molar-refractivity contribution in [2.75, 3.05) is 0 Å². The van der Waals surface area contributed by atoms with E-state index in [2.05, 4.69) is 204 Å². The summed E-state index contributed by atoms with van der Waals surface area (Å²) in [5.74, 6) is -0.538. The molecule has 572 valence electrons. The molecule has 11 nitrogen and oxygen atoms in total. The van der Waals surface area contributed by atoms with E-state index in [1.54, 1.807) is 48.5 Å². The van der Waals surface area contributed by atoms with Crippen LogP contribution in [0.3, 0.4) is 0 Å². The van der Waals surface area contributed by atoms with Gasteiger partial charge in [-0.15, -0.1) is 0 Å². The first kappa shape index (κ1) is 74.9. The third kappa shape index (κ3) is 12.0. The molecule has 0 saturated heterocycles. The van der Waals surface area contributed by atoms with E-state index >= 15 is 0 Å². The van der Waals surface area contributed by atoms with E-state index in [0.717, 1.165) is 80.7 Å². The molecule has 0 radical (unpaired) electrons. The molecule has 0 bridgehead atoms. The number of halogens is 7. The third-order valence-corrected chi connectivity index (χ3v) is 25.3. The molecular weight excluding hydrogens is 1610 g/mol. The number of alkyl halides is 3. The zero-order valence-corrected chi connectivity index (χ0v) is 66.3. The van der Waals surface area contributed by atoms with Crippen LogP contribution in [0.5, 0.6) is 5.75 Å². The van der Waals surface area contributed by atoms with Crippen LogP contribution in [0.25, 0.3) is 206 Å². The number of rotatable bonds is 6. The fourth-order valence-corrected chi connectivity index (χ4v) is 19.5. The molecule has 0 amide bonds. The van der Waals surface area contributed by atoms with Gasteiger partial charge in [0.05, 0.1) is 83.5 Å². The quantitative estimate of drug-likeness (QED) is 0.0655. The lowest BCUT2D eigenvalue weighted by molar-refractivity contribution is -0.0499. The highest BCUT2D eigenvalue weighted by atomic mass is 35.5. The third-order valence-electron chi connectivity index (χ3n) is 22.7. The zero-order chi connectivity index (χ0) is 82.3. The predicted octanol–water partition coefficient (Wildman–Crippen LogP) is 28.1. The Hall–Kier alpha value is -13.9. The highest BCUT2D eigenvalue weighted by Gasteiger charge is 2.49. The molecule has 0 aliphatic heterocycles. The summed E-state index contributed by atoms with van der Waals surface area (Å²) < 4.78 is 73.3. The molecule has 0 fully saturated rings. The van der Waals surface area contributed by atoms with Gasteiger partial charge in [0, 0.05) is 92.1 Å². The van der Waals surface area contributed by atoms with Crippen molar-refractivity contribution in [2.24, 2.45) is 0 Å². The number of hydrogen-bond donors (Lipinski definition) is 3. The summed E-state index contributed by atoms with van der Waals surface area (Å²) in [6.07, 6.45) is 0. The normalized spacial score (nSPS) is 11.9. The monoisotopic (exact) mass is 1660 g/mol. The maximum absolute atomic E-state index is 13.3. The van der Waals surface area contributed by atoms with Gasteiger partial charge < -0.3 is 28.0 Å². The van der Waals surface area contributed by atoms with Crippen molar-refractivity contribution in [3.63, 3.8) is 0 Å². The molecule has 0 aliphatic carbocycles. The predicted molar refractivity (Wildman–Crippen MR) is 489 cm³/mol. The van der Waals surface area contributed by atoms with E-state index in [0.29, 0.717) is 60.2 Å². The fourth-order valence-electron chi connectivity index (χ4n) is 17.5. The minimum Gasteiger partial charge on any atom is -0.423 e. The summed E-state index contributed by atoms with van der Waals surface area (Å²) in [5.41, 5.74) is 9.75. The first-order valence-corrected chi connectivity index (χ1v) is 40.8. The molecule has 0 aliphatic rings. The molecule has 20 heteroatoms. The van der Waals surface area contributed by atoms with Crippen LogP contribution in [0.1, 0.15) is 5.56 Å². The van der Waals surface area contributed by atoms with E-state index in [1.165, 1.54) is 105 Å². The largest absolute Gasteiger partial charge is 0.534 e. The average molecular weight is 1660 g/mol. The summed E-state index contributed by atoms with van der Waals surface area (Å²) in [6.45, 7) is 14.1. The van der Waals surface area contributed by atoms with Crippen molar-refractivity contribution in [3.8, 4) is 45.2 Å². The Kier molecular flexibility index (Phi) is 18.1. The van der Waals surface area contributed by atoms with Crippen LogP contribution in [0.15, 0.2) is 309 Å². The van der Waals surface area contributed by atoms with Crippen LogP contribution in [0.2, 0.25) is 20.1 Å². The van der Waals surface area contributed by atoms with Crippen LogP contribution in [-0.2, 0) is 10.1 Å². The molecule has 23 rings (SSSR count). The molecule has 0 spiro atoms. The summed E-state index contributed by atoms with van der Waals surface area (Å²) in [4.78, 5) is 10.1. The van der Waals surface area contributed by atoms with E-state index < -0.39 is 28.5 Å². The second-order valence-corrected chi connectivity index (χ2v) is 32.3. The van der Waals surface area contributed by atoms with E-state index in [9.17, 15) is 26.9 Å². The highest BCUT2D eigenvalue weighted by Crippen LogP contribution is 2.53. The number of aromatic nitrogens is 3. The Morgan fingerprint density at radius 3 is 1.18 bits per heavy atom. The number of nitriles is 1. The Bertz CT molecular complexity index is 8230. The van der Waals surface area contributed by atoms with Crippen LogP contribution in [0.4, 0.5) is 24.5 Å². The van der Waals surface area contributed by atoms with Gasteiger partial charge in [-0.3, -0.25) is 0 Å². The lowest BCUT2D eigenvalue weighted by Gasteiger charge is -2.17. The number of H-pyrrole nitrogens is 1. The van der Waals surface area contributed by atoms with Crippen LogP contribution in [0, 0.1) is 24.5 Å². The molecular formula is C100H54BCl4F3N6O5S. The Morgan fingerprint density at radius 1 is 0.400 bits per heavy atom. The first-order valence-electron chi connectivity index (χ1n) is 37.9. The van der Waals surface area contributed by atoms with Crippen LogP contribution >= 0.6 is 46.4 Å². The minimum atomic E-state index is -5.97. The van der Waals surface area contributed by atoms with Crippen LogP contribution in [-0.4, -0.2) is 44.9 Å². The Balaban J connectivity index is 0.000000109. The maximum atomic E-state index is 13.3. The second-order valence-electron chi connectivity index (χ2n) is 29.3. The summed E-state index contributed by atoms with van der Waals surface area (Å²) >= 11 is 27.5. The molecule has 0 unspecified atom stereocenters. The van der Waals surface area contributed by atoms with Gasteiger partial charge in [0.1, 0.15) is 0 Å². The molecule has 23 aromatic rings. The molecule has 120 heavy (non-hydrogen) atoms. The summed E-state index contributed by atoms with van der Waals surface area (Å²) in [7, 11) is -7.42. The maximum Gasteiger partial charge on any atom is 0.534 e. The summed E-state index contributed by atoms with van der Waals surface area (Å²) in [5, 5.41) is 51.7. The Morgan fingerprint density at radius 2 is 0.750 bits per heavy atom. The minimum absolute atomic E-state index is 0.00558. The molecule has 18 aromatic carbocycles. The van der Waals surface area contributed by atoms with Crippen molar-refractivity contribution < 1.29 is 35.8 Å². The number of fused-ring (bicyclic) bond motifs is 21. The molecule has 5 aromatic heterocycles. The number of nitrogens with zero attached hydrogens (tertiary/aromatic N) is 5. The van der Waals surface area contributed by atoms with Crippen molar-refractivity contribution in [1.29, 1.82) is 5.26 Å². The summed E-state index contributed by atoms with van der Waals surface area (Å²) in [6, 6.07) is 103. The van der Waals surface area contributed by atoms with Gasteiger partial charge in [0.25, 0.3) is 0 Å². The van der Waals surface area contributed by atoms with Gasteiger partial charge in [-0.2, -0.15) is 26.9 Å². The van der Waals surface area contributed by atoms with Crippen molar-refractivity contribution in [1.82, 2.24) is 13.8 Å². The first-order chi connectivity index (χ1) is 58.3. The fraction of sp³-hybridized carbons (Fsp3) is 0.0100. The van der Waals surface area contributed by atoms with Gasteiger partial charge >= 0.3 is 22.7 Å². The SMILES string of the molecule is Clc1c2ccccc2cc2c1c1cccc3c4c(Cl)c5ccccc5cc4n2c13.O=S(=O)(Oc1cc2ccccc2c(Cl)c1-c1cccc2c1[nH]c1cc3ccccc3c(Cl)c12)C(F)(F)F.[C-]#[N+]c1ccc(-c2c3ccccc3cc3c2c2cccc4c5c(-c6ccc(C#N)cc6)c6ccccc6cc5n3c42)cc1.[C-]#[N+]c1ccc(B(O)O)cc1. The highest BCUT2D eigenvalue weighted by molar-refractivity contribution is 7.88. The number of aromatic amines is 1. The van der Waals surface area contributed by atoms with Crippen molar-refractivity contribution in [3.05, 3.63) is 358 Å². The lowest BCUT2D eigenvalue weighted by atomic mass is 9.80. The lowest BCUT2D eigenvalue weighted by Crippen LogP contribution is -2.29. The standard InChI is InChI=1S/C40H21N3.C27H14Cl2F3NO3S.C26H13Cl2N.C7H6BNO2/c1-42-29-19-17-26(18-20-29)37-31-10-5-3-8-28(31)22-35-39(37)33-12-6-11-32-38-34(43(35)40(32)33)21-27-7-2-4-9-30(27)36(38)25-15-13-24(23-41)14-16-25;28-24-16-8-3-1-6-14(16)12-20-22(24)18-10-5-11-19(26(18)33-20)23-21(36-37(34,35)27(30,31)32)13-15-7-2-4-9-17(15)25(23)29;27-24-16-8-3-1-6-14(16)12-20-22(24)18-10-5-11-19-23-21(29(20)26(18)19)13-15-7-2-4-9-17(15)25(23)28;1-9-7-4-2-6(3-5-7)8(10)11/h2-22H;1-13,33H;1-13H;2-5,10-11H. The molecule has 3 N–H and O–H groups in total. The number of nitrogens with one attached hydrogen (secondary N) is 1. The van der Waals surface area contributed by atoms with E-state index in [1.807, 2.05) is 72.8 Å². The second kappa shape index (κ2) is 29.0.